The molecule has 4 aliphatic rings. The van der Waals surface area contributed by atoms with Crippen LogP contribution in [0.4, 0.5) is 5.13 Å². The average molecular weight is 446 g/mol. The van der Waals surface area contributed by atoms with E-state index in [0.29, 0.717) is 40.8 Å². The number of ether oxygens (including phenoxy) is 1. The number of carbonyl (C=O) groups excluding carboxylic acids is 2. The van der Waals surface area contributed by atoms with Crippen LogP contribution in [0.1, 0.15) is 87.2 Å². The highest BCUT2D eigenvalue weighted by Gasteiger charge is 2.55. The molecule has 4 fully saturated rings. The topological polar surface area (TPSA) is 80.3 Å². The van der Waals surface area contributed by atoms with Crippen LogP contribution in [0.3, 0.4) is 0 Å². The fourth-order valence-electron chi connectivity index (χ4n) is 6.11. The summed E-state index contributed by atoms with van der Waals surface area (Å²) < 4.78 is 5.05. The number of hydrogen-bond acceptors (Lipinski definition) is 6. The van der Waals surface area contributed by atoms with E-state index in [0.717, 1.165) is 49.6 Å². The van der Waals surface area contributed by atoms with Crippen LogP contribution in [-0.2, 0) is 9.53 Å². The van der Waals surface area contributed by atoms with Gasteiger partial charge in [-0.05, 0) is 82.0 Å². The standard InChI is InChI=1S/C24H35N3O3S/c1-2-30-22(29)19-14-25-23(31-19)27-20-13-24(20)11-9-16(10-12-24)26-21(28)18-6-4-3-5-17(18)15-7-8-15/h14-18,20H,2-13H2,1H3,(H,25,27)(H,26,28). The zero-order chi connectivity index (χ0) is 21.4. The molecule has 7 heteroatoms. The van der Waals surface area contributed by atoms with E-state index >= 15 is 0 Å². The summed E-state index contributed by atoms with van der Waals surface area (Å²) >= 11 is 1.38. The molecule has 0 saturated heterocycles. The molecule has 1 amide bonds. The summed E-state index contributed by atoms with van der Waals surface area (Å²) in [6, 6.07) is 0.777. The Bertz CT molecular complexity index is 813. The number of rotatable bonds is 7. The Balaban J connectivity index is 1.09. The van der Waals surface area contributed by atoms with Gasteiger partial charge in [0.15, 0.2) is 5.13 Å². The highest BCUT2D eigenvalue weighted by atomic mass is 32.1. The predicted molar refractivity (Wildman–Crippen MR) is 121 cm³/mol. The third kappa shape index (κ3) is 4.62. The van der Waals surface area contributed by atoms with Gasteiger partial charge in [-0.3, -0.25) is 4.79 Å². The Labute approximate surface area is 188 Å². The van der Waals surface area contributed by atoms with Crippen molar-refractivity contribution in [2.24, 2.45) is 23.2 Å². The maximum Gasteiger partial charge on any atom is 0.350 e. The molecule has 4 aliphatic carbocycles. The van der Waals surface area contributed by atoms with Crippen LogP contribution in [0.15, 0.2) is 6.20 Å². The molecule has 1 heterocycles. The van der Waals surface area contributed by atoms with Crippen molar-refractivity contribution in [3.8, 4) is 0 Å². The summed E-state index contributed by atoms with van der Waals surface area (Å²) in [5, 5.41) is 7.79. The maximum atomic E-state index is 13.0. The van der Waals surface area contributed by atoms with Gasteiger partial charge in [-0.2, -0.15) is 0 Å². The monoisotopic (exact) mass is 445 g/mol. The number of aromatic nitrogens is 1. The van der Waals surface area contributed by atoms with Crippen molar-refractivity contribution in [1.29, 1.82) is 0 Å². The molecule has 1 aromatic rings. The summed E-state index contributed by atoms with van der Waals surface area (Å²) in [5.74, 6) is 1.80. The van der Waals surface area contributed by atoms with Gasteiger partial charge in [0.05, 0.1) is 12.8 Å². The van der Waals surface area contributed by atoms with Crippen LogP contribution in [-0.4, -0.2) is 35.6 Å². The molecule has 6 nitrogen and oxygen atoms in total. The van der Waals surface area contributed by atoms with Gasteiger partial charge < -0.3 is 15.4 Å². The SMILES string of the molecule is CCOC(=O)c1cnc(NC2CC23CCC(NC(=O)C2CCCCC2C2CC2)CC3)s1. The maximum absolute atomic E-state index is 13.0. The smallest absolute Gasteiger partial charge is 0.350 e. The van der Waals surface area contributed by atoms with Crippen molar-refractivity contribution in [2.45, 2.75) is 89.6 Å². The highest BCUT2D eigenvalue weighted by molar-refractivity contribution is 7.17. The molecule has 0 radical (unpaired) electrons. The van der Waals surface area contributed by atoms with Crippen molar-refractivity contribution in [3.63, 3.8) is 0 Å². The van der Waals surface area contributed by atoms with Crippen molar-refractivity contribution in [2.75, 3.05) is 11.9 Å². The van der Waals surface area contributed by atoms with E-state index < -0.39 is 0 Å². The summed E-state index contributed by atoms with van der Waals surface area (Å²) in [6.45, 7) is 2.19. The normalized spacial score (nSPS) is 34.9. The molecule has 170 valence electrons. The Kier molecular flexibility index (Phi) is 5.97. The Morgan fingerprint density at radius 3 is 2.68 bits per heavy atom. The molecule has 0 aromatic carbocycles. The van der Waals surface area contributed by atoms with Crippen molar-refractivity contribution in [1.82, 2.24) is 10.3 Å². The molecule has 3 unspecified atom stereocenters. The third-order valence-electron chi connectivity index (χ3n) is 8.18. The molecule has 1 spiro atoms. The number of nitrogens with one attached hydrogen (secondary N) is 2. The van der Waals surface area contributed by atoms with E-state index in [1.165, 1.54) is 43.4 Å². The number of hydrogen-bond donors (Lipinski definition) is 2. The second kappa shape index (κ2) is 8.72. The second-order valence-corrected chi connectivity index (χ2v) is 11.2. The summed E-state index contributed by atoms with van der Waals surface area (Å²) in [4.78, 5) is 29.8. The molecule has 1 aromatic heterocycles. The summed E-state index contributed by atoms with van der Waals surface area (Å²) in [5.41, 5.74) is 0.346. The number of carbonyl (C=O) groups is 2. The summed E-state index contributed by atoms with van der Waals surface area (Å²) in [7, 11) is 0. The van der Waals surface area contributed by atoms with E-state index in [4.69, 9.17) is 4.74 Å². The minimum absolute atomic E-state index is 0.269. The van der Waals surface area contributed by atoms with E-state index in [-0.39, 0.29) is 11.9 Å². The first-order chi connectivity index (χ1) is 15.1. The first-order valence-electron chi connectivity index (χ1n) is 12.3. The lowest BCUT2D eigenvalue weighted by Gasteiger charge is -2.34. The lowest BCUT2D eigenvalue weighted by molar-refractivity contribution is -0.129. The molecule has 31 heavy (non-hydrogen) atoms. The molecule has 0 aliphatic heterocycles. The van der Waals surface area contributed by atoms with Gasteiger partial charge in [-0.1, -0.05) is 24.2 Å². The molecular weight excluding hydrogens is 410 g/mol. The lowest BCUT2D eigenvalue weighted by Crippen LogP contribution is -2.44. The molecule has 2 N–H and O–H groups in total. The van der Waals surface area contributed by atoms with Gasteiger partial charge in [-0.25, -0.2) is 9.78 Å². The molecule has 5 rings (SSSR count). The van der Waals surface area contributed by atoms with E-state index in [1.807, 2.05) is 6.92 Å². The lowest BCUT2D eigenvalue weighted by atomic mass is 9.75. The quantitative estimate of drug-likeness (QED) is 0.591. The fraction of sp³-hybridized carbons (Fsp3) is 0.792. The van der Waals surface area contributed by atoms with Gasteiger partial charge in [0, 0.05) is 18.0 Å². The van der Waals surface area contributed by atoms with Crippen LogP contribution in [0.2, 0.25) is 0 Å². The van der Waals surface area contributed by atoms with Gasteiger partial charge in [0.2, 0.25) is 5.91 Å². The van der Waals surface area contributed by atoms with Crippen molar-refractivity contribution >= 4 is 28.3 Å². The van der Waals surface area contributed by atoms with Crippen molar-refractivity contribution < 1.29 is 14.3 Å². The van der Waals surface area contributed by atoms with E-state index in [9.17, 15) is 9.59 Å². The Hall–Kier alpha value is -1.63. The van der Waals surface area contributed by atoms with E-state index in [2.05, 4.69) is 15.6 Å². The van der Waals surface area contributed by atoms with Gasteiger partial charge in [0.1, 0.15) is 4.88 Å². The Morgan fingerprint density at radius 1 is 1.16 bits per heavy atom. The van der Waals surface area contributed by atoms with Crippen LogP contribution in [0, 0.1) is 23.2 Å². The predicted octanol–water partition coefficient (Wildman–Crippen LogP) is 4.77. The number of esters is 1. The van der Waals surface area contributed by atoms with Gasteiger partial charge in [-0.15, -0.1) is 0 Å². The second-order valence-electron chi connectivity index (χ2n) is 10.2. The first-order valence-corrected chi connectivity index (χ1v) is 13.1. The van der Waals surface area contributed by atoms with Crippen LogP contribution in [0.25, 0.3) is 0 Å². The molecule has 4 saturated carbocycles. The van der Waals surface area contributed by atoms with Crippen LogP contribution < -0.4 is 10.6 Å². The van der Waals surface area contributed by atoms with Crippen LogP contribution >= 0.6 is 11.3 Å². The summed E-state index contributed by atoms with van der Waals surface area (Å²) in [6.07, 6.45) is 14.8. The largest absolute Gasteiger partial charge is 0.462 e. The number of anilines is 1. The molecule has 3 atom stereocenters. The number of nitrogens with zero attached hydrogens (tertiary/aromatic N) is 1. The zero-order valence-corrected chi connectivity index (χ0v) is 19.3. The van der Waals surface area contributed by atoms with Gasteiger partial charge >= 0.3 is 5.97 Å². The Morgan fingerprint density at radius 2 is 1.94 bits per heavy atom. The number of amides is 1. The fourth-order valence-corrected chi connectivity index (χ4v) is 6.87. The average Bonchev–Trinajstić information content (AvgIpc) is 3.68. The van der Waals surface area contributed by atoms with Crippen LogP contribution in [0.5, 0.6) is 0 Å². The molecular formula is C24H35N3O3S. The third-order valence-corrected chi connectivity index (χ3v) is 9.09. The first kappa shape index (κ1) is 21.2. The number of thiazole rings is 1. The minimum atomic E-state index is -0.295. The minimum Gasteiger partial charge on any atom is -0.462 e. The molecule has 0 bridgehead atoms. The van der Waals surface area contributed by atoms with Gasteiger partial charge in [0.25, 0.3) is 0 Å². The highest BCUT2D eigenvalue weighted by Crippen LogP contribution is 2.57. The van der Waals surface area contributed by atoms with E-state index in [1.54, 1.807) is 6.20 Å². The van der Waals surface area contributed by atoms with Crippen molar-refractivity contribution in [3.05, 3.63) is 11.1 Å². The zero-order valence-electron chi connectivity index (χ0n) is 18.5.